The average Bonchev–Trinajstić information content (AvgIpc) is 3.08. The van der Waals surface area contributed by atoms with Gasteiger partial charge in [-0.15, -0.1) is 0 Å². The minimum Gasteiger partial charge on any atom is -0.493 e. The molecule has 22 heavy (non-hydrogen) atoms. The van der Waals surface area contributed by atoms with E-state index in [2.05, 4.69) is 10.3 Å². The maximum atomic E-state index is 12.2. The Hall–Kier alpha value is -2.76. The van der Waals surface area contributed by atoms with Gasteiger partial charge >= 0.3 is 0 Å². The summed E-state index contributed by atoms with van der Waals surface area (Å²) < 4.78 is 12.1. The third kappa shape index (κ3) is 2.55. The van der Waals surface area contributed by atoms with Gasteiger partial charge in [0.25, 0.3) is 5.91 Å². The molecule has 0 aliphatic carbocycles. The number of aromatic nitrogens is 2. The number of carbonyl (C=O) groups excluding carboxylic acids is 1. The van der Waals surface area contributed by atoms with Crippen LogP contribution in [0.15, 0.2) is 36.9 Å². The van der Waals surface area contributed by atoms with Crippen LogP contribution in [-0.4, -0.2) is 36.2 Å². The first-order valence-electron chi connectivity index (χ1n) is 6.96. The number of allylic oxidation sites excluding steroid dienone is 1. The quantitative estimate of drug-likeness (QED) is 0.874. The molecule has 0 bridgehead atoms. The number of nitrogens with zero attached hydrogens (tertiary/aromatic N) is 2. The van der Waals surface area contributed by atoms with E-state index in [0.29, 0.717) is 11.5 Å². The summed E-state index contributed by atoms with van der Waals surface area (Å²) in [4.78, 5) is 16.1. The van der Waals surface area contributed by atoms with Crippen LogP contribution in [0.3, 0.4) is 0 Å². The zero-order valence-corrected chi connectivity index (χ0v) is 12.5. The molecular formula is C16H17N3O3. The fourth-order valence-corrected chi connectivity index (χ4v) is 2.52. The van der Waals surface area contributed by atoms with Crippen LogP contribution in [-0.2, 0) is 6.42 Å². The molecule has 0 atom stereocenters. The van der Waals surface area contributed by atoms with Crippen molar-refractivity contribution in [1.82, 2.24) is 14.9 Å². The van der Waals surface area contributed by atoms with Gasteiger partial charge in [-0.1, -0.05) is 0 Å². The predicted molar refractivity (Wildman–Crippen MR) is 82.1 cm³/mol. The maximum Gasteiger partial charge on any atom is 0.257 e. The highest BCUT2D eigenvalue weighted by molar-refractivity contribution is 5.97. The fourth-order valence-electron chi connectivity index (χ4n) is 2.52. The Morgan fingerprint density at radius 3 is 2.77 bits per heavy atom. The Kier molecular flexibility index (Phi) is 3.82. The van der Waals surface area contributed by atoms with Gasteiger partial charge in [0.15, 0.2) is 11.5 Å². The molecule has 1 aromatic carbocycles. The van der Waals surface area contributed by atoms with Gasteiger partial charge in [0.1, 0.15) is 6.33 Å². The van der Waals surface area contributed by atoms with Crippen molar-refractivity contribution in [2.45, 2.75) is 6.42 Å². The van der Waals surface area contributed by atoms with E-state index < -0.39 is 0 Å². The summed E-state index contributed by atoms with van der Waals surface area (Å²) in [5.41, 5.74) is 2.86. The Labute approximate surface area is 128 Å². The van der Waals surface area contributed by atoms with Gasteiger partial charge in [-0.2, -0.15) is 0 Å². The fraction of sp³-hybridized carbons (Fsp3) is 0.250. The molecule has 0 unspecified atom stereocenters. The Morgan fingerprint density at radius 1 is 1.32 bits per heavy atom. The van der Waals surface area contributed by atoms with Gasteiger partial charge in [0, 0.05) is 36.3 Å². The summed E-state index contributed by atoms with van der Waals surface area (Å²) in [5, 5.41) is 3.27. The second-order valence-electron chi connectivity index (χ2n) is 4.91. The molecular weight excluding hydrogens is 282 g/mol. The number of hydrogen-bond acceptors (Lipinski definition) is 5. The number of benzene rings is 1. The van der Waals surface area contributed by atoms with Crippen molar-refractivity contribution >= 4 is 11.6 Å². The van der Waals surface area contributed by atoms with E-state index in [1.165, 1.54) is 10.9 Å². The highest BCUT2D eigenvalue weighted by atomic mass is 16.5. The largest absolute Gasteiger partial charge is 0.493 e. The summed E-state index contributed by atoms with van der Waals surface area (Å²) in [5.74, 6) is 1.19. The number of hydrogen-bond donors (Lipinski definition) is 1. The van der Waals surface area contributed by atoms with Gasteiger partial charge in [-0.25, -0.2) is 4.98 Å². The van der Waals surface area contributed by atoms with Crippen molar-refractivity contribution < 1.29 is 14.3 Å². The molecule has 114 valence electrons. The van der Waals surface area contributed by atoms with E-state index in [4.69, 9.17) is 9.47 Å². The molecule has 2 heterocycles. The van der Waals surface area contributed by atoms with E-state index in [1.54, 1.807) is 32.7 Å². The molecule has 0 fully saturated rings. The molecule has 1 aromatic heterocycles. The van der Waals surface area contributed by atoms with Crippen molar-refractivity contribution in [2.75, 3.05) is 20.8 Å². The summed E-state index contributed by atoms with van der Waals surface area (Å²) in [6.45, 7) is 0.769. The van der Waals surface area contributed by atoms with Gasteiger partial charge in [0.2, 0.25) is 0 Å². The number of fused-ring (bicyclic) bond motifs is 1. The van der Waals surface area contributed by atoms with E-state index >= 15 is 0 Å². The molecule has 1 aliphatic heterocycles. The molecule has 1 N–H and O–H groups in total. The topological polar surface area (TPSA) is 65.4 Å². The number of methoxy groups -OCH3 is 2. The second-order valence-corrected chi connectivity index (χ2v) is 4.91. The summed E-state index contributed by atoms with van der Waals surface area (Å²) in [6, 6.07) is 3.86. The van der Waals surface area contributed by atoms with Gasteiger partial charge in [-0.05, 0) is 24.1 Å². The average molecular weight is 299 g/mol. The van der Waals surface area contributed by atoms with Crippen molar-refractivity contribution in [3.8, 4) is 11.5 Å². The lowest BCUT2D eigenvalue weighted by Crippen LogP contribution is -2.24. The van der Waals surface area contributed by atoms with E-state index in [9.17, 15) is 4.79 Å². The lowest BCUT2D eigenvalue weighted by atomic mass is 9.97. The van der Waals surface area contributed by atoms with Crippen LogP contribution in [0.4, 0.5) is 0 Å². The Morgan fingerprint density at radius 2 is 2.09 bits per heavy atom. The summed E-state index contributed by atoms with van der Waals surface area (Å²) in [7, 11) is 3.21. The van der Waals surface area contributed by atoms with Crippen LogP contribution in [0.1, 0.15) is 15.9 Å². The van der Waals surface area contributed by atoms with Crippen molar-refractivity contribution in [3.63, 3.8) is 0 Å². The highest BCUT2D eigenvalue weighted by Gasteiger charge is 2.19. The van der Waals surface area contributed by atoms with E-state index in [-0.39, 0.29) is 5.91 Å². The molecule has 3 rings (SSSR count). The SMILES string of the molecule is COc1cc2c(cc1OC)/C(=C/C(=O)n1ccnc1)NCC2. The second kappa shape index (κ2) is 5.93. The number of nitrogens with one attached hydrogen (secondary N) is 1. The summed E-state index contributed by atoms with van der Waals surface area (Å²) >= 11 is 0. The Bertz CT molecular complexity index is 720. The monoisotopic (exact) mass is 299 g/mol. The molecule has 0 saturated heterocycles. The van der Waals surface area contributed by atoms with Crippen LogP contribution in [0.5, 0.6) is 11.5 Å². The minimum absolute atomic E-state index is 0.150. The minimum atomic E-state index is -0.150. The first-order chi connectivity index (χ1) is 10.7. The van der Waals surface area contributed by atoms with Crippen LogP contribution in [0.25, 0.3) is 5.70 Å². The molecule has 0 radical (unpaired) electrons. The van der Waals surface area contributed by atoms with Gasteiger partial charge in [-0.3, -0.25) is 9.36 Å². The molecule has 1 aliphatic rings. The molecule has 6 nitrogen and oxygen atoms in total. The van der Waals surface area contributed by atoms with Crippen LogP contribution in [0, 0.1) is 0 Å². The lowest BCUT2D eigenvalue weighted by molar-refractivity contribution is 0.0969. The van der Waals surface area contributed by atoms with Crippen molar-refractivity contribution in [1.29, 1.82) is 0 Å². The predicted octanol–water partition coefficient (Wildman–Crippen LogP) is 1.73. The number of imidazole rings is 1. The molecule has 0 saturated carbocycles. The lowest BCUT2D eigenvalue weighted by Gasteiger charge is -2.23. The van der Waals surface area contributed by atoms with E-state index in [0.717, 1.165) is 29.8 Å². The van der Waals surface area contributed by atoms with Crippen molar-refractivity contribution in [2.24, 2.45) is 0 Å². The smallest absolute Gasteiger partial charge is 0.257 e. The maximum absolute atomic E-state index is 12.2. The van der Waals surface area contributed by atoms with Gasteiger partial charge in [0.05, 0.1) is 14.2 Å². The first kappa shape index (κ1) is 14.2. The standard InChI is InChI=1S/C16H17N3O3/c1-21-14-7-11-3-4-18-13(12(11)8-15(14)22-2)9-16(20)19-6-5-17-10-19/h5-10,18H,3-4H2,1-2H3/b13-9-. The van der Waals surface area contributed by atoms with Crippen molar-refractivity contribution in [3.05, 3.63) is 48.1 Å². The third-order valence-electron chi connectivity index (χ3n) is 3.64. The highest BCUT2D eigenvalue weighted by Crippen LogP contribution is 2.34. The van der Waals surface area contributed by atoms with Crippen LogP contribution in [0.2, 0.25) is 0 Å². The zero-order chi connectivity index (χ0) is 15.5. The zero-order valence-electron chi connectivity index (χ0n) is 12.5. The molecule has 0 amide bonds. The molecule has 2 aromatic rings. The number of carbonyl (C=O) groups is 1. The van der Waals surface area contributed by atoms with Gasteiger partial charge < -0.3 is 14.8 Å². The Balaban J connectivity index is 2.02. The number of rotatable bonds is 3. The summed E-state index contributed by atoms with van der Waals surface area (Å²) in [6.07, 6.45) is 7.12. The molecule has 6 heteroatoms. The van der Waals surface area contributed by atoms with Crippen LogP contribution < -0.4 is 14.8 Å². The number of ether oxygens (including phenoxy) is 2. The molecule has 0 spiro atoms. The van der Waals surface area contributed by atoms with Crippen LogP contribution >= 0.6 is 0 Å². The third-order valence-corrected chi connectivity index (χ3v) is 3.64. The normalized spacial score (nSPS) is 15.1. The first-order valence-corrected chi connectivity index (χ1v) is 6.96. The van der Waals surface area contributed by atoms with E-state index in [1.807, 2.05) is 12.1 Å².